The molecular weight excluding hydrogens is 194 g/mol. The van der Waals surface area contributed by atoms with Crippen molar-refractivity contribution < 1.29 is 14.7 Å². The van der Waals surface area contributed by atoms with E-state index in [1.54, 1.807) is 7.11 Å². The van der Waals surface area contributed by atoms with Gasteiger partial charge in [0.05, 0.1) is 13.3 Å². The van der Waals surface area contributed by atoms with Crippen LogP contribution < -0.4 is 9.47 Å². The van der Waals surface area contributed by atoms with Gasteiger partial charge in [-0.1, -0.05) is 5.16 Å². The quantitative estimate of drug-likeness (QED) is 0.457. The van der Waals surface area contributed by atoms with E-state index in [0.29, 0.717) is 11.3 Å². The van der Waals surface area contributed by atoms with E-state index in [9.17, 15) is 0 Å². The summed E-state index contributed by atoms with van der Waals surface area (Å²) in [7, 11) is 1.59. The minimum absolute atomic E-state index is 0.200. The summed E-state index contributed by atoms with van der Waals surface area (Å²) >= 11 is 0. The fourth-order valence-corrected chi connectivity index (χ4v) is 1.79. The molecule has 0 radical (unpaired) electrons. The number of oxime groups is 1. The van der Waals surface area contributed by atoms with Crippen LogP contribution >= 0.6 is 0 Å². The molecular formula is C11H13NO3. The molecule has 4 heteroatoms. The molecule has 1 atom stereocenters. The Hall–Kier alpha value is -1.71. The van der Waals surface area contributed by atoms with Crippen LogP contribution in [0.3, 0.4) is 0 Å². The van der Waals surface area contributed by atoms with E-state index in [-0.39, 0.29) is 6.10 Å². The van der Waals surface area contributed by atoms with Crippen LogP contribution in [-0.2, 0) is 6.42 Å². The van der Waals surface area contributed by atoms with Gasteiger partial charge in [-0.15, -0.1) is 0 Å². The average molecular weight is 207 g/mol. The largest absolute Gasteiger partial charge is 0.496 e. The van der Waals surface area contributed by atoms with E-state index in [4.69, 9.17) is 14.7 Å². The molecule has 0 saturated heterocycles. The van der Waals surface area contributed by atoms with Crippen molar-refractivity contribution in [2.45, 2.75) is 19.4 Å². The number of hydrogen-bond acceptors (Lipinski definition) is 4. The first-order valence-corrected chi connectivity index (χ1v) is 4.79. The molecule has 1 N–H and O–H groups in total. The van der Waals surface area contributed by atoms with E-state index in [0.717, 1.165) is 17.7 Å². The lowest BCUT2D eigenvalue weighted by molar-refractivity contribution is 0.254. The Kier molecular flexibility index (Phi) is 2.49. The van der Waals surface area contributed by atoms with Crippen LogP contribution in [0.25, 0.3) is 0 Å². The number of nitrogens with zero attached hydrogens (tertiary/aromatic N) is 1. The lowest BCUT2D eigenvalue weighted by Gasteiger charge is -2.07. The first kappa shape index (κ1) is 9.83. The fourth-order valence-electron chi connectivity index (χ4n) is 1.79. The Morgan fingerprint density at radius 3 is 3.07 bits per heavy atom. The smallest absolute Gasteiger partial charge is 0.128 e. The number of fused-ring (bicyclic) bond motifs is 1. The van der Waals surface area contributed by atoms with Crippen LogP contribution in [0.2, 0.25) is 0 Å². The summed E-state index contributed by atoms with van der Waals surface area (Å²) in [6, 6.07) is 3.76. The summed E-state index contributed by atoms with van der Waals surface area (Å²) in [6.07, 6.45) is 2.43. The van der Waals surface area contributed by atoms with Gasteiger partial charge in [0.15, 0.2) is 0 Å². The van der Waals surface area contributed by atoms with Crippen LogP contribution in [-0.4, -0.2) is 24.6 Å². The summed E-state index contributed by atoms with van der Waals surface area (Å²) < 4.78 is 10.8. The third-order valence-electron chi connectivity index (χ3n) is 2.45. The summed E-state index contributed by atoms with van der Waals surface area (Å²) in [5.74, 6) is 1.54. The normalized spacial score (nSPS) is 18.9. The highest BCUT2D eigenvalue weighted by molar-refractivity contribution is 5.84. The Balaban J connectivity index is 2.45. The number of rotatable bonds is 2. The predicted octanol–water partition coefficient (Wildman–Crippen LogP) is 1.83. The van der Waals surface area contributed by atoms with Gasteiger partial charge in [-0.2, -0.15) is 0 Å². The van der Waals surface area contributed by atoms with Crippen LogP contribution in [0.15, 0.2) is 17.3 Å². The summed E-state index contributed by atoms with van der Waals surface area (Å²) in [5.41, 5.74) is 1.85. The molecule has 0 bridgehead atoms. The highest BCUT2D eigenvalue weighted by Gasteiger charge is 2.21. The van der Waals surface area contributed by atoms with Crippen molar-refractivity contribution >= 4 is 6.21 Å². The maximum atomic E-state index is 8.51. The maximum Gasteiger partial charge on any atom is 0.128 e. The lowest BCUT2D eigenvalue weighted by Crippen LogP contribution is -2.05. The van der Waals surface area contributed by atoms with Crippen LogP contribution in [0.1, 0.15) is 18.1 Å². The third-order valence-corrected chi connectivity index (χ3v) is 2.45. The van der Waals surface area contributed by atoms with Crippen molar-refractivity contribution in [2.24, 2.45) is 5.16 Å². The molecule has 1 aromatic carbocycles. The van der Waals surface area contributed by atoms with Gasteiger partial charge in [-0.25, -0.2) is 0 Å². The molecule has 1 aromatic rings. The number of methoxy groups -OCH3 is 1. The zero-order valence-corrected chi connectivity index (χ0v) is 8.73. The van der Waals surface area contributed by atoms with Gasteiger partial charge in [0.2, 0.25) is 0 Å². The Morgan fingerprint density at radius 2 is 2.40 bits per heavy atom. The summed E-state index contributed by atoms with van der Waals surface area (Å²) in [4.78, 5) is 0. The Morgan fingerprint density at radius 1 is 1.60 bits per heavy atom. The monoisotopic (exact) mass is 207 g/mol. The van der Waals surface area contributed by atoms with E-state index >= 15 is 0 Å². The van der Waals surface area contributed by atoms with Crippen LogP contribution in [0, 0.1) is 0 Å². The van der Waals surface area contributed by atoms with Crippen LogP contribution in [0.5, 0.6) is 11.5 Å². The highest BCUT2D eigenvalue weighted by atomic mass is 16.5. The lowest BCUT2D eigenvalue weighted by atomic mass is 10.1. The van der Waals surface area contributed by atoms with E-state index in [1.165, 1.54) is 6.21 Å². The number of hydrogen-bond donors (Lipinski definition) is 1. The minimum Gasteiger partial charge on any atom is -0.496 e. The molecule has 4 nitrogen and oxygen atoms in total. The molecule has 1 heterocycles. The van der Waals surface area contributed by atoms with E-state index < -0.39 is 0 Å². The highest BCUT2D eigenvalue weighted by Crippen LogP contribution is 2.34. The zero-order valence-electron chi connectivity index (χ0n) is 8.73. The SMILES string of the molecule is COc1cc2c(cc1C=NO)OC(C)C2. The Bertz CT molecular complexity index is 401. The van der Waals surface area contributed by atoms with Gasteiger partial charge in [0.1, 0.15) is 17.6 Å². The van der Waals surface area contributed by atoms with Crippen molar-refractivity contribution in [1.29, 1.82) is 0 Å². The molecule has 80 valence electrons. The second-order valence-electron chi connectivity index (χ2n) is 3.58. The van der Waals surface area contributed by atoms with Gasteiger partial charge in [-0.05, 0) is 19.1 Å². The van der Waals surface area contributed by atoms with Crippen molar-refractivity contribution in [3.8, 4) is 11.5 Å². The van der Waals surface area contributed by atoms with Crippen LogP contribution in [0.4, 0.5) is 0 Å². The number of benzene rings is 1. The van der Waals surface area contributed by atoms with Gasteiger partial charge in [-0.3, -0.25) is 0 Å². The van der Waals surface area contributed by atoms with Gasteiger partial charge >= 0.3 is 0 Å². The molecule has 0 amide bonds. The molecule has 1 aliphatic rings. The molecule has 0 aliphatic carbocycles. The topological polar surface area (TPSA) is 51.0 Å². The second-order valence-corrected chi connectivity index (χ2v) is 3.58. The molecule has 0 fully saturated rings. The van der Waals surface area contributed by atoms with Crippen molar-refractivity contribution in [1.82, 2.24) is 0 Å². The maximum absolute atomic E-state index is 8.51. The molecule has 0 spiro atoms. The first-order valence-electron chi connectivity index (χ1n) is 4.79. The first-order chi connectivity index (χ1) is 7.24. The third kappa shape index (κ3) is 1.75. The molecule has 2 rings (SSSR count). The summed E-state index contributed by atoms with van der Waals surface area (Å²) in [6.45, 7) is 2.02. The minimum atomic E-state index is 0.200. The van der Waals surface area contributed by atoms with Crippen molar-refractivity contribution in [3.63, 3.8) is 0 Å². The molecule has 0 saturated carbocycles. The van der Waals surface area contributed by atoms with E-state index in [2.05, 4.69) is 5.16 Å². The molecule has 0 aromatic heterocycles. The second kappa shape index (κ2) is 3.81. The zero-order chi connectivity index (χ0) is 10.8. The molecule has 15 heavy (non-hydrogen) atoms. The van der Waals surface area contributed by atoms with Crippen molar-refractivity contribution in [2.75, 3.05) is 7.11 Å². The van der Waals surface area contributed by atoms with E-state index in [1.807, 2.05) is 19.1 Å². The average Bonchev–Trinajstić information content (AvgIpc) is 2.56. The Labute approximate surface area is 88.1 Å². The number of ether oxygens (including phenoxy) is 2. The van der Waals surface area contributed by atoms with Gasteiger partial charge < -0.3 is 14.7 Å². The molecule has 1 unspecified atom stereocenters. The summed E-state index contributed by atoms with van der Waals surface area (Å²) in [5, 5.41) is 11.5. The van der Waals surface area contributed by atoms with Crippen molar-refractivity contribution in [3.05, 3.63) is 23.3 Å². The predicted molar refractivity (Wildman–Crippen MR) is 56.2 cm³/mol. The standard InChI is InChI=1S/C11H13NO3/c1-7-3-8-4-10(14-2)9(6-12-13)5-11(8)15-7/h4-7,13H,3H2,1-2H3. The fraction of sp³-hybridized carbons (Fsp3) is 0.364. The van der Waals surface area contributed by atoms with Gasteiger partial charge in [0.25, 0.3) is 0 Å². The molecule has 1 aliphatic heterocycles. The van der Waals surface area contributed by atoms with Gasteiger partial charge in [0, 0.05) is 17.5 Å².